The molecule has 0 aliphatic heterocycles. The van der Waals surface area contributed by atoms with Crippen LogP contribution in [0.25, 0.3) is 10.6 Å². The third kappa shape index (κ3) is 3.43. The summed E-state index contributed by atoms with van der Waals surface area (Å²) in [6.45, 7) is 3.91. The molecule has 116 valence electrons. The summed E-state index contributed by atoms with van der Waals surface area (Å²) in [5.74, 6) is -0.236. The van der Waals surface area contributed by atoms with Crippen molar-refractivity contribution in [2.24, 2.45) is 0 Å². The third-order valence-corrected chi connectivity index (χ3v) is 4.78. The molecule has 1 N–H and O–H groups in total. The van der Waals surface area contributed by atoms with Gasteiger partial charge in [-0.3, -0.25) is 9.78 Å². The average Bonchev–Trinajstić information content (AvgIpc) is 2.98. The van der Waals surface area contributed by atoms with Crippen LogP contribution < -0.4 is 5.32 Å². The van der Waals surface area contributed by atoms with Gasteiger partial charge in [0.25, 0.3) is 5.91 Å². The minimum absolute atomic E-state index is 0.139. The monoisotopic (exact) mass is 324 g/mol. The molecule has 0 saturated carbocycles. The molecule has 2 heterocycles. The summed E-state index contributed by atoms with van der Waals surface area (Å²) >= 11 is 1.60. The molecule has 3 aromatic rings. The summed E-state index contributed by atoms with van der Waals surface area (Å²) in [4.78, 5) is 25.8. The Morgan fingerprint density at radius 3 is 2.70 bits per heavy atom. The molecule has 0 spiro atoms. The van der Waals surface area contributed by atoms with Gasteiger partial charge in [0.2, 0.25) is 0 Å². The number of nitrogens with zero attached hydrogens (tertiary/aromatic N) is 3. The number of amides is 1. The molecule has 0 aliphatic carbocycles. The van der Waals surface area contributed by atoms with E-state index in [1.165, 1.54) is 12.4 Å². The first-order chi connectivity index (χ1) is 11.1. The SMILES string of the molecule is Cc1nc(-c2ccccc2)sc1[C@@H](C)NC(=O)c1cnccn1. The number of aryl methyl sites for hydroxylation is 1. The van der Waals surface area contributed by atoms with E-state index < -0.39 is 0 Å². The molecule has 1 amide bonds. The summed E-state index contributed by atoms with van der Waals surface area (Å²) in [7, 11) is 0. The number of carbonyl (C=O) groups excluding carboxylic acids is 1. The average molecular weight is 324 g/mol. The van der Waals surface area contributed by atoms with Crippen LogP contribution in [0, 0.1) is 6.92 Å². The van der Waals surface area contributed by atoms with Gasteiger partial charge in [0.15, 0.2) is 0 Å². The molecule has 0 unspecified atom stereocenters. The Balaban J connectivity index is 1.79. The molecule has 23 heavy (non-hydrogen) atoms. The van der Waals surface area contributed by atoms with Gasteiger partial charge in [-0.2, -0.15) is 0 Å². The Kier molecular flexibility index (Phi) is 4.43. The lowest BCUT2D eigenvalue weighted by atomic mass is 10.2. The Labute approximate surface area is 138 Å². The number of thiazole rings is 1. The zero-order valence-electron chi connectivity index (χ0n) is 12.9. The molecule has 0 radical (unpaired) electrons. The van der Waals surface area contributed by atoms with Gasteiger partial charge in [0.05, 0.1) is 22.8 Å². The van der Waals surface area contributed by atoms with Gasteiger partial charge in [-0.15, -0.1) is 11.3 Å². The van der Waals surface area contributed by atoms with Crippen molar-refractivity contribution in [2.45, 2.75) is 19.9 Å². The first-order valence-electron chi connectivity index (χ1n) is 7.25. The maximum Gasteiger partial charge on any atom is 0.271 e. The molecule has 5 nitrogen and oxygen atoms in total. The van der Waals surface area contributed by atoms with Gasteiger partial charge in [0.1, 0.15) is 10.7 Å². The van der Waals surface area contributed by atoms with Crippen molar-refractivity contribution in [3.05, 3.63) is 65.2 Å². The van der Waals surface area contributed by atoms with Crippen LogP contribution in [-0.4, -0.2) is 20.9 Å². The van der Waals surface area contributed by atoms with Crippen LogP contribution in [0.3, 0.4) is 0 Å². The van der Waals surface area contributed by atoms with E-state index >= 15 is 0 Å². The standard InChI is InChI=1S/C17H16N4OS/c1-11(20-16(22)14-10-18-8-9-19-14)15-12(2)21-17(23-15)13-6-4-3-5-7-13/h3-11H,1-2H3,(H,20,22)/t11-/m1/s1. The minimum Gasteiger partial charge on any atom is -0.343 e. The molecular weight excluding hydrogens is 308 g/mol. The summed E-state index contributed by atoms with van der Waals surface area (Å²) in [5, 5.41) is 3.90. The van der Waals surface area contributed by atoms with E-state index in [1.807, 2.05) is 44.2 Å². The van der Waals surface area contributed by atoms with Gasteiger partial charge >= 0.3 is 0 Å². The second-order valence-corrected chi connectivity index (χ2v) is 6.15. The third-order valence-electron chi connectivity index (χ3n) is 3.39. The highest BCUT2D eigenvalue weighted by molar-refractivity contribution is 7.15. The van der Waals surface area contributed by atoms with Crippen LogP contribution in [0.2, 0.25) is 0 Å². The van der Waals surface area contributed by atoms with E-state index in [9.17, 15) is 4.79 Å². The number of rotatable bonds is 4. The first-order valence-corrected chi connectivity index (χ1v) is 8.06. The van der Waals surface area contributed by atoms with Gasteiger partial charge < -0.3 is 5.32 Å². The summed E-state index contributed by atoms with van der Waals surface area (Å²) in [5.41, 5.74) is 2.32. The van der Waals surface area contributed by atoms with Gasteiger partial charge in [0, 0.05) is 18.0 Å². The highest BCUT2D eigenvalue weighted by atomic mass is 32.1. The molecular formula is C17H16N4OS. The van der Waals surface area contributed by atoms with Gasteiger partial charge in [-0.05, 0) is 13.8 Å². The lowest BCUT2D eigenvalue weighted by molar-refractivity contribution is 0.0935. The van der Waals surface area contributed by atoms with Crippen molar-refractivity contribution >= 4 is 17.2 Å². The van der Waals surface area contributed by atoms with Crippen molar-refractivity contribution in [1.29, 1.82) is 0 Å². The van der Waals surface area contributed by atoms with Crippen LogP contribution in [0.4, 0.5) is 0 Å². The van der Waals surface area contributed by atoms with Crippen molar-refractivity contribution in [3.63, 3.8) is 0 Å². The number of carbonyl (C=O) groups is 1. The summed E-state index contributed by atoms with van der Waals surface area (Å²) in [6, 6.07) is 9.89. The fourth-order valence-electron chi connectivity index (χ4n) is 2.27. The number of hydrogen-bond acceptors (Lipinski definition) is 5. The maximum atomic E-state index is 12.2. The van der Waals surface area contributed by atoms with E-state index in [2.05, 4.69) is 20.3 Å². The van der Waals surface area contributed by atoms with Crippen LogP contribution in [0.15, 0.2) is 48.9 Å². The number of benzene rings is 1. The normalized spacial score (nSPS) is 11.9. The van der Waals surface area contributed by atoms with E-state index in [-0.39, 0.29) is 11.9 Å². The molecule has 1 atom stereocenters. The number of hydrogen-bond donors (Lipinski definition) is 1. The van der Waals surface area contributed by atoms with E-state index in [4.69, 9.17) is 0 Å². The van der Waals surface area contributed by atoms with Gasteiger partial charge in [-0.25, -0.2) is 9.97 Å². The van der Waals surface area contributed by atoms with E-state index in [0.717, 1.165) is 21.1 Å². The smallest absolute Gasteiger partial charge is 0.271 e. The Morgan fingerprint density at radius 2 is 2.00 bits per heavy atom. The molecule has 0 bridgehead atoms. The van der Waals surface area contributed by atoms with Crippen molar-refractivity contribution in [1.82, 2.24) is 20.3 Å². The second-order valence-electron chi connectivity index (χ2n) is 5.12. The second kappa shape index (κ2) is 6.66. The predicted molar refractivity (Wildman–Crippen MR) is 90.2 cm³/mol. The minimum atomic E-state index is -0.236. The zero-order chi connectivity index (χ0) is 16.2. The quantitative estimate of drug-likeness (QED) is 0.798. The molecule has 6 heteroatoms. The summed E-state index contributed by atoms with van der Waals surface area (Å²) < 4.78 is 0. The van der Waals surface area contributed by atoms with E-state index in [0.29, 0.717) is 5.69 Å². The molecule has 0 aliphatic rings. The van der Waals surface area contributed by atoms with Crippen LogP contribution in [-0.2, 0) is 0 Å². The van der Waals surface area contributed by atoms with Gasteiger partial charge in [-0.1, -0.05) is 30.3 Å². The topological polar surface area (TPSA) is 67.8 Å². The fourth-order valence-corrected chi connectivity index (χ4v) is 3.34. The van der Waals surface area contributed by atoms with Crippen molar-refractivity contribution in [3.8, 4) is 10.6 Å². The number of aromatic nitrogens is 3. The van der Waals surface area contributed by atoms with Crippen molar-refractivity contribution < 1.29 is 4.79 Å². The predicted octanol–water partition coefficient (Wildman–Crippen LogP) is 3.40. The lowest BCUT2D eigenvalue weighted by Crippen LogP contribution is -2.27. The highest BCUT2D eigenvalue weighted by Gasteiger charge is 2.18. The Bertz CT molecular complexity index is 802. The largest absolute Gasteiger partial charge is 0.343 e. The molecule has 3 rings (SSSR count). The first kappa shape index (κ1) is 15.3. The van der Waals surface area contributed by atoms with Crippen LogP contribution >= 0.6 is 11.3 Å². The summed E-state index contributed by atoms with van der Waals surface area (Å²) in [6.07, 6.45) is 4.50. The molecule has 0 fully saturated rings. The van der Waals surface area contributed by atoms with Crippen LogP contribution in [0.1, 0.15) is 34.0 Å². The molecule has 0 saturated heterocycles. The fraction of sp³-hybridized carbons (Fsp3) is 0.176. The highest BCUT2D eigenvalue weighted by Crippen LogP contribution is 2.31. The Hall–Kier alpha value is -2.60. The maximum absolute atomic E-state index is 12.2. The number of nitrogens with one attached hydrogen (secondary N) is 1. The Morgan fingerprint density at radius 1 is 1.22 bits per heavy atom. The van der Waals surface area contributed by atoms with Crippen LogP contribution in [0.5, 0.6) is 0 Å². The lowest BCUT2D eigenvalue weighted by Gasteiger charge is -2.12. The zero-order valence-corrected chi connectivity index (χ0v) is 13.7. The van der Waals surface area contributed by atoms with Crippen molar-refractivity contribution in [2.75, 3.05) is 0 Å². The van der Waals surface area contributed by atoms with E-state index in [1.54, 1.807) is 17.5 Å². The molecule has 2 aromatic heterocycles. The molecule has 1 aromatic carbocycles.